The number of halogens is 2. The summed E-state index contributed by atoms with van der Waals surface area (Å²) in [6.45, 7) is 2.05. The van der Waals surface area contributed by atoms with Crippen LogP contribution < -0.4 is 5.32 Å². The summed E-state index contributed by atoms with van der Waals surface area (Å²) < 4.78 is 0. The molecule has 0 heterocycles. The molecule has 0 radical (unpaired) electrons. The Labute approximate surface area is 110 Å². The summed E-state index contributed by atoms with van der Waals surface area (Å²) >= 11 is 11.3. The molecule has 96 valence electrons. The number of phenolic OH excluding ortho intramolecular Hbond substituents is 2. The average Bonchev–Trinajstić information content (AvgIpc) is 2.28. The van der Waals surface area contributed by atoms with E-state index in [0.29, 0.717) is 5.56 Å². The molecule has 0 bridgehead atoms. The summed E-state index contributed by atoms with van der Waals surface area (Å²) in [7, 11) is 0. The molecule has 2 atom stereocenters. The van der Waals surface area contributed by atoms with Gasteiger partial charge in [0, 0.05) is 12.6 Å². The lowest BCUT2D eigenvalue weighted by Crippen LogP contribution is -2.34. The predicted molar refractivity (Wildman–Crippen MR) is 67.7 cm³/mol. The monoisotopic (exact) mass is 279 g/mol. The van der Waals surface area contributed by atoms with E-state index in [2.05, 4.69) is 5.32 Å². The van der Waals surface area contributed by atoms with Crippen LogP contribution in [0, 0.1) is 0 Å². The average molecular weight is 280 g/mol. The Morgan fingerprint density at radius 2 is 1.88 bits per heavy atom. The summed E-state index contributed by atoms with van der Waals surface area (Å²) in [6.07, 6.45) is -0.809. The molecule has 0 saturated heterocycles. The zero-order valence-electron chi connectivity index (χ0n) is 9.27. The van der Waals surface area contributed by atoms with Crippen LogP contribution in [0.3, 0.4) is 0 Å². The van der Waals surface area contributed by atoms with Crippen LogP contribution in [0.2, 0.25) is 0 Å². The maximum atomic E-state index is 9.83. The zero-order chi connectivity index (χ0) is 13.0. The van der Waals surface area contributed by atoms with Crippen LogP contribution in [0.5, 0.6) is 11.5 Å². The Balaban J connectivity index is 2.58. The third-order valence-corrected chi connectivity index (χ3v) is 3.15. The number of nitrogens with one attached hydrogen (secondary N) is 1. The fourth-order valence-corrected chi connectivity index (χ4v) is 1.43. The van der Waals surface area contributed by atoms with Gasteiger partial charge in [-0.15, -0.1) is 23.2 Å². The molecule has 0 amide bonds. The second-order valence-electron chi connectivity index (χ2n) is 3.80. The van der Waals surface area contributed by atoms with Crippen molar-refractivity contribution in [3.05, 3.63) is 23.8 Å². The van der Waals surface area contributed by atoms with Gasteiger partial charge in [-0.1, -0.05) is 6.07 Å². The van der Waals surface area contributed by atoms with Gasteiger partial charge < -0.3 is 20.6 Å². The van der Waals surface area contributed by atoms with Gasteiger partial charge in [0.2, 0.25) is 0 Å². The number of hydrogen-bond acceptors (Lipinski definition) is 4. The maximum Gasteiger partial charge on any atom is 0.157 e. The third kappa shape index (κ3) is 4.24. The second-order valence-corrected chi connectivity index (χ2v) is 4.96. The molecule has 1 aromatic rings. The summed E-state index contributed by atoms with van der Waals surface area (Å²) in [6, 6.07) is 4.01. The molecule has 1 rings (SSSR count). The summed E-state index contributed by atoms with van der Waals surface area (Å²) in [5.74, 6) is -0.481. The van der Waals surface area contributed by atoms with Gasteiger partial charge in [-0.05, 0) is 24.6 Å². The summed E-state index contributed by atoms with van der Waals surface area (Å²) in [5.41, 5.74) is 0.501. The minimum Gasteiger partial charge on any atom is -0.504 e. The van der Waals surface area contributed by atoms with E-state index in [4.69, 9.17) is 28.3 Å². The molecule has 0 unspecified atom stereocenters. The number of aliphatic hydroxyl groups is 1. The van der Waals surface area contributed by atoms with Crippen LogP contribution in [0.15, 0.2) is 18.2 Å². The Kier molecular flexibility index (Phi) is 5.33. The summed E-state index contributed by atoms with van der Waals surface area (Å²) in [4.78, 5) is -0.560. The van der Waals surface area contributed by atoms with Crippen LogP contribution in [0.1, 0.15) is 18.6 Å². The van der Waals surface area contributed by atoms with Gasteiger partial charge in [0.05, 0.1) is 6.10 Å². The van der Waals surface area contributed by atoms with Crippen LogP contribution in [0.4, 0.5) is 0 Å². The van der Waals surface area contributed by atoms with E-state index in [1.165, 1.54) is 18.2 Å². The number of aromatic hydroxyl groups is 2. The molecular formula is C11H15Cl2NO3. The standard InChI is InChI=1S/C11H15Cl2NO3/c1-6(11(12)13)14-5-10(17)7-2-3-8(15)9(16)4-7/h2-4,6,10-11,14-17H,5H2,1H3/t6-,10+/m0/s1. The maximum absolute atomic E-state index is 9.83. The topological polar surface area (TPSA) is 72.7 Å². The van der Waals surface area contributed by atoms with Gasteiger partial charge in [0.1, 0.15) is 4.84 Å². The van der Waals surface area contributed by atoms with Crippen molar-refractivity contribution in [1.82, 2.24) is 5.32 Å². The molecule has 0 aliphatic heterocycles. The van der Waals surface area contributed by atoms with Gasteiger partial charge in [-0.2, -0.15) is 0 Å². The molecule has 0 saturated carbocycles. The van der Waals surface area contributed by atoms with E-state index in [9.17, 15) is 10.2 Å². The van der Waals surface area contributed by atoms with Gasteiger partial charge in [-0.25, -0.2) is 0 Å². The lowest BCUT2D eigenvalue weighted by Gasteiger charge is -2.18. The molecular weight excluding hydrogens is 265 g/mol. The fraction of sp³-hybridized carbons (Fsp3) is 0.455. The SMILES string of the molecule is C[C@H](NC[C@@H](O)c1ccc(O)c(O)c1)C(Cl)Cl. The Bertz CT molecular complexity index is 374. The molecule has 4 N–H and O–H groups in total. The number of phenols is 2. The van der Waals surface area contributed by atoms with Crippen LogP contribution in [0.25, 0.3) is 0 Å². The zero-order valence-corrected chi connectivity index (χ0v) is 10.8. The fourth-order valence-electron chi connectivity index (χ4n) is 1.25. The van der Waals surface area contributed by atoms with E-state index in [-0.39, 0.29) is 24.1 Å². The molecule has 0 aliphatic carbocycles. The lowest BCUT2D eigenvalue weighted by atomic mass is 10.1. The van der Waals surface area contributed by atoms with Crippen molar-refractivity contribution in [3.63, 3.8) is 0 Å². The lowest BCUT2D eigenvalue weighted by molar-refractivity contribution is 0.171. The van der Waals surface area contributed by atoms with Crippen molar-refractivity contribution in [2.24, 2.45) is 0 Å². The van der Waals surface area contributed by atoms with Crippen molar-refractivity contribution in [1.29, 1.82) is 0 Å². The van der Waals surface area contributed by atoms with E-state index in [1.54, 1.807) is 6.92 Å². The number of benzene rings is 1. The third-order valence-electron chi connectivity index (χ3n) is 2.40. The molecule has 0 aromatic heterocycles. The molecule has 4 nitrogen and oxygen atoms in total. The Hall–Kier alpha value is -0.680. The van der Waals surface area contributed by atoms with Gasteiger partial charge in [0.15, 0.2) is 11.5 Å². The molecule has 0 fully saturated rings. The summed E-state index contributed by atoms with van der Waals surface area (Å²) in [5, 5.41) is 31.2. The number of hydrogen-bond donors (Lipinski definition) is 4. The first kappa shape index (κ1) is 14.4. The first-order valence-electron chi connectivity index (χ1n) is 5.13. The minimum atomic E-state index is -0.809. The Morgan fingerprint density at radius 3 is 2.41 bits per heavy atom. The predicted octanol–water partition coefficient (Wildman–Crippen LogP) is 1.91. The first-order chi connectivity index (χ1) is 7.91. The number of alkyl halides is 2. The highest BCUT2D eigenvalue weighted by molar-refractivity contribution is 6.44. The highest BCUT2D eigenvalue weighted by Crippen LogP contribution is 2.27. The van der Waals surface area contributed by atoms with Crippen molar-refractivity contribution in [2.75, 3.05) is 6.54 Å². The molecule has 0 aliphatic rings. The Morgan fingerprint density at radius 1 is 1.24 bits per heavy atom. The van der Waals surface area contributed by atoms with Crippen LogP contribution in [-0.2, 0) is 0 Å². The minimum absolute atomic E-state index is 0.154. The second kappa shape index (κ2) is 6.31. The van der Waals surface area contributed by atoms with Crippen molar-refractivity contribution in [3.8, 4) is 11.5 Å². The highest BCUT2D eigenvalue weighted by Gasteiger charge is 2.14. The van der Waals surface area contributed by atoms with Gasteiger partial charge >= 0.3 is 0 Å². The molecule has 0 spiro atoms. The van der Waals surface area contributed by atoms with E-state index in [1.807, 2.05) is 0 Å². The highest BCUT2D eigenvalue weighted by atomic mass is 35.5. The van der Waals surface area contributed by atoms with E-state index < -0.39 is 10.9 Å². The van der Waals surface area contributed by atoms with Gasteiger partial charge in [-0.3, -0.25) is 0 Å². The van der Waals surface area contributed by atoms with E-state index >= 15 is 0 Å². The van der Waals surface area contributed by atoms with E-state index in [0.717, 1.165) is 0 Å². The van der Waals surface area contributed by atoms with Crippen molar-refractivity contribution in [2.45, 2.75) is 23.9 Å². The normalized spacial score (nSPS) is 14.9. The van der Waals surface area contributed by atoms with Crippen molar-refractivity contribution < 1.29 is 15.3 Å². The quantitative estimate of drug-likeness (QED) is 0.491. The molecule has 1 aromatic carbocycles. The van der Waals surface area contributed by atoms with Crippen LogP contribution in [-0.4, -0.2) is 32.7 Å². The molecule has 6 heteroatoms. The smallest absolute Gasteiger partial charge is 0.157 e. The molecule has 17 heavy (non-hydrogen) atoms. The first-order valence-corrected chi connectivity index (χ1v) is 6.00. The van der Waals surface area contributed by atoms with Crippen molar-refractivity contribution >= 4 is 23.2 Å². The largest absolute Gasteiger partial charge is 0.504 e. The number of rotatable bonds is 5. The number of aliphatic hydroxyl groups excluding tert-OH is 1. The van der Waals surface area contributed by atoms with Crippen LogP contribution >= 0.6 is 23.2 Å². The van der Waals surface area contributed by atoms with Gasteiger partial charge in [0.25, 0.3) is 0 Å².